The van der Waals surface area contributed by atoms with Crippen LogP contribution in [0.15, 0.2) is 36.4 Å². The number of halogens is 1. The predicted octanol–water partition coefficient (Wildman–Crippen LogP) is 0.803. The lowest BCUT2D eigenvalue weighted by Crippen LogP contribution is -2.48. The third-order valence-electron chi connectivity index (χ3n) is 3.47. The summed E-state index contributed by atoms with van der Waals surface area (Å²) in [5, 5.41) is 12.0. The van der Waals surface area contributed by atoms with Crippen LogP contribution in [0.3, 0.4) is 0 Å². The van der Waals surface area contributed by atoms with E-state index >= 15 is 0 Å². The molecule has 0 radical (unpaired) electrons. The Morgan fingerprint density at radius 2 is 2.09 bits per heavy atom. The third-order valence-corrected chi connectivity index (χ3v) is 3.47. The highest BCUT2D eigenvalue weighted by Crippen LogP contribution is 2.17. The van der Waals surface area contributed by atoms with Crippen LogP contribution in [-0.4, -0.2) is 48.9 Å². The normalized spacial score (nSPS) is 23.3. The molecule has 1 aromatic carbocycles. The number of aliphatic hydroxyl groups excluding tert-OH is 1. The first-order chi connectivity index (χ1) is 11.0. The van der Waals surface area contributed by atoms with Gasteiger partial charge in [-0.1, -0.05) is 24.3 Å². The largest absolute Gasteiger partial charge is 0.469 e. The number of carbonyl (C=O) groups is 2. The fourth-order valence-corrected chi connectivity index (χ4v) is 2.26. The highest BCUT2D eigenvalue weighted by Gasteiger charge is 2.29. The molecular weight excluding hydrogens is 305 g/mol. The summed E-state index contributed by atoms with van der Waals surface area (Å²) in [5.74, 6) is -1.67. The number of esters is 1. The van der Waals surface area contributed by atoms with Crippen LogP contribution in [0.1, 0.15) is 16.8 Å². The van der Waals surface area contributed by atoms with Crippen molar-refractivity contribution in [3.8, 4) is 0 Å². The van der Waals surface area contributed by atoms with Gasteiger partial charge < -0.3 is 19.9 Å². The number of hydrogen-bond donors (Lipinski definition) is 2. The van der Waals surface area contributed by atoms with Crippen LogP contribution < -0.4 is 5.32 Å². The monoisotopic (exact) mass is 323 g/mol. The Bertz CT molecular complexity index is 604. The van der Waals surface area contributed by atoms with Crippen molar-refractivity contribution in [1.82, 2.24) is 5.32 Å². The van der Waals surface area contributed by atoms with Crippen molar-refractivity contribution >= 4 is 11.9 Å². The number of aliphatic hydroxyl groups is 1. The van der Waals surface area contributed by atoms with Crippen LogP contribution in [0.2, 0.25) is 0 Å². The summed E-state index contributed by atoms with van der Waals surface area (Å²) in [6.45, 7) is -0.357. The number of methoxy groups -OCH3 is 1. The Kier molecular flexibility index (Phi) is 5.84. The molecule has 1 heterocycles. The molecule has 124 valence electrons. The lowest BCUT2D eigenvalue weighted by atomic mass is 10.0. The SMILES string of the molecule is COC(=O)C[C@@H]1C=C[C@@H](NC(=O)c2ccccc2F)[C@@H](CO)O1. The molecule has 23 heavy (non-hydrogen) atoms. The molecule has 0 unspecified atom stereocenters. The highest BCUT2D eigenvalue weighted by atomic mass is 19.1. The summed E-state index contributed by atoms with van der Waals surface area (Å²) >= 11 is 0. The van der Waals surface area contributed by atoms with E-state index in [4.69, 9.17) is 4.74 Å². The van der Waals surface area contributed by atoms with Gasteiger partial charge in [0.05, 0.1) is 37.8 Å². The average molecular weight is 323 g/mol. The fraction of sp³-hybridized carbons (Fsp3) is 0.375. The number of rotatable bonds is 5. The van der Waals surface area contributed by atoms with Crippen LogP contribution in [-0.2, 0) is 14.3 Å². The van der Waals surface area contributed by atoms with Crippen molar-refractivity contribution in [3.05, 3.63) is 47.8 Å². The number of nitrogens with one attached hydrogen (secondary N) is 1. The zero-order chi connectivity index (χ0) is 16.8. The van der Waals surface area contributed by atoms with Gasteiger partial charge in [-0.25, -0.2) is 4.39 Å². The Labute approximate surface area is 132 Å². The van der Waals surface area contributed by atoms with Crippen molar-refractivity contribution in [2.75, 3.05) is 13.7 Å². The molecule has 6 nitrogen and oxygen atoms in total. The number of benzene rings is 1. The summed E-state index contributed by atoms with van der Waals surface area (Å²) in [5.41, 5.74) is -0.0886. The number of ether oxygens (including phenoxy) is 2. The van der Waals surface area contributed by atoms with Crippen molar-refractivity contribution in [2.45, 2.75) is 24.7 Å². The molecule has 2 rings (SSSR count). The lowest BCUT2D eigenvalue weighted by Gasteiger charge is -2.31. The number of hydrogen-bond acceptors (Lipinski definition) is 5. The molecule has 1 aliphatic rings. The Morgan fingerprint density at radius 1 is 1.35 bits per heavy atom. The van der Waals surface area contributed by atoms with Gasteiger partial charge in [-0.3, -0.25) is 9.59 Å². The summed E-state index contributed by atoms with van der Waals surface area (Å²) < 4.78 is 23.7. The van der Waals surface area contributed by atoms with Gasteiger partial charge in [0.1, 0.15) is 11.9 Å². The Balaban J connectivity index is 2.04. The van der Waals surface area contributed by atoms with E-state index in [9.17, 15) is 19.1 Å². The van der Waals surface area contributed by atoms with Crippen molar-refractivity contribution in [3.63, 3.8) is 0 Å². The average Bonchev–Trinajstić information content (AvgIpc) is 2.56. The first kappa shape index (κ1) is 17.1. The summed E-state index contributed by atoms with van der Waals surface area (Å²) in [6, 6.07) is 4.98. The second-order valence-electron chi connectivity index (χ2n) is 5.04. The summed E-state index contributed by atoms with van der Waals surface area (Å²) in [6.07, 6.45) is 1.97. The molecule has 1 aliphatic heterocycles. The molecule has 7 heteroatoms. The molecular formula is C16H18FNO5. The first-order valence-electron chi connectivity index (χ1n) is 7.12. The first-order valence-corrected chi connectivity index (χ1v) is 7.12. The van der Waals surface area contributed by atoms with Gasteiger partial charge in [-0.15, -0.1) is 0 Å². The quantitative estimate of drug-likeness (QED) is 0.618. The second-order valence-corrected chi connectivity index (χ2v) is 5.04. The molecule has 0 aliphatic carbocycles. The van der Waals surface area contributed by atoms with Gasteiger partial charge in [0, 0.05) is 0 Å². The molecule has 1 aromatic rings. The third kappa shape index (κ3) is 4.37. The van der Waals surface area contributed by atoms with E-state index in [0.717, 1.165) is 0 Å². The van der Waals surface area contributed by atoms with Crippen LogP contribution in [0.4, 0.5) is 4.39 Å². The van der Waals surface area contributed by atoms with Gasteiger partial charge in [-0.2, -0.15) is 0 Å². The number of carbonyl (C=O) groups excluding carboxylic acids is 2. The molecule has 0 fully saturated rings. The maximum absolute atomic E-state index is 13.6. The topological polar surface area (TPSA) is 84.9 Å². The van der Waals surface area contributed by atoms with E-state index in [2.05, 4.69) is 10.1 Å². The van der Waals surface area contributed by atoms with Gasteiger partial charge in [0.2, 0.25) is 0 Å². The van der Waals surface area contributed by atoms with Crippen molar-refractivity contribution < 1.29 is 28.6 Å². The predicted molar refractivity (Wildman–Crippen MR) is 79.2 cm³/mol. The maximum atomic E-state index is 13.6. The molecule has 3 atom stereocenters. The smallest absolute Gasteiger partial charge is 0.308 e. The minimum atomic E-state index is -0.731. The second kappa shape index (κ2) is 7.85. The van der Waals surface area contributed by atoms with E-state index in [1.54, 1.807) is 18.2 Å². The number of amides is 1. The van der Waals surface area contributed by atoms with Gasteiger partial charge >= 0.3 is 5.97 Å². The molecule has 0 saturated carbocycles. The zero-order valence-electron chi connectivity index (χ0n) is 12.6. The summed E-state index contributed by atoms with van der Waals surface area (Å²) in [4.78, 5) is 23.4. The van der Waals surface area contributed by atoms with E-state index in [1.807, 2.05) is 0 Å². The minimum absolute atomic E-state index is 0.0114. The van der Waals surface area contributed by atoms with E-state index < -0.39 is 35.9 Å². The summed E-state index contributed by atoms with van der Waals surface area (Å²) in [7, 11) is 1.27. The van der Waals surface area contributed by atoms with Crippen LogP contribution >= 0.6 is 0 Å². The van der Waals surface area contributed by atoms with Crippen LogP contribution in [0, 0.1) is 5.82 Å². The highest BCUT2D eigenvalue weighted by molar-refractivity contribution is 5.94. The van der Waals surface area contributed by atoms with Gasteiger partial charge in [0.25, 0.3) is 5.91 Å². The molecule has 0 bridgehead atoms. The van der Waals surface area contributed by atoms with Gasteiger partial charge in [0.15, 0.2) is 0 Å². The molecule has 0 aromatic heterocycles. The van der Waals surface area contributed by atoms with Crippen molar-refractivity contribution in [2.24, 2.45) is 0 Å². The van der Waals surface area contributed by atoms with E-state index in [0.29, 0.717) is 0 Å². The lowest BCUT2D eigenvalue weighted by molar-refractivity contribution is -0.144. The Morgan fingerprint density at radius 3 is 2.74 bits per heavy atom. The van der Waals surface area contributed by atoms with Gasteiger partial charge in [-0.05, 0) is 12.1 Å². The Hall–Kier alpha value is -2.25. The van der Waals surface area contributed by atoms with E-state index in [1.165, 1.54) is 25.3 Å². The molecule has 0 saturated heterocycles. The molecule has 1 amide bonds. The molecule has 2 N–H and O–H groups in total. The standard InChI is InChI=1S/C16H18FNO5/c1-22-15(20)8-10-6-7-13(14(9-19)23-10)18-16(21)11-4-2-3-5-12(11)17/h2-7,10,13-14,19H,8-9H2,1H3,(H,18,21)/t10-,13+,14+/m0/s1. The fourth-order valence-electron chi connectivity index (χ4n) is 2.26. The maximum Gasteiger partial charge on any atom is 0.308 e. The van der Waals surface area contributed by atoms with Crippen LogP contribution in [0.5, 0.6) is 0 Å². The van der Waals surface area contributed by atoms with Crippen molar-refractivity contribution in [1.29, 1.82) is 0 Å². The van der Waals surface area contributed by atoms with Crippen LogP contribution in [0.25, 0.3) is 0 Å². The minimum Gasteiger partial charge on any atom is -0.469 e. The zero-order valence-corrected chi connectivity index (χ0v) is 12.6. The molecule has 0 spiro atoms. The van der Waals surface area contributed by atoms with E-state index in [-0.39, 0.29) is 18.6 Å².